The van der Waals surface area contributed by atoms with Crippen molar-refractivity contribution in [2.24, 2.45) is 0 Å². The van der Waals surface area contributed by atoms with E-state index >= 15 is 0 Å². The predicted octanol–water partition coefficient (Wildman–Crippen LogP) is -0.428. The molecule has 0 aliphatic carbocycles. The molecular formula is C6H14NO2+. The summed E-state index contributed by atoms with van der Waals surface area (Å²) in [7, 11) is 0. The van der Waals surface area contributed by atoms with Gasteiger partial charge in [0.25, 0.3) is 0 Å². The van der Waals surface area contributed by atoms with Gasteiger partial charge in [0.2, 0.25) is 0 Å². The zero-order chi connectivity index (χ0) is 7.11. The lowest BCUT2D eigenvalue weighted by Gasteiger charge is -1.97. The third-order valence-corrected chi connectivity index (χ3v) is 0.965. The van der Waals surface area contributed by atoms with Crippen molar-refractivity contribution >= 4 is 5.97 Å². The largest absolute Gasteiger partial charge is 0.462 e. The van der Waals surface area contributed by atoms with E-state index in [4.69, 9.17) is 4.74 Å². The molecule has 0 aromatic heterocycles. The molecule has 0 aromatic rings. The van der Waals surface area contributed by atoms with Gasteiger partial charge in [0.05, 0.1) is 6.61 Å². The summed E-state index contributed by atoms with van der Waals surface area (Å²) in [6.07, 6.45) is 2.01. The summed E-state index contributed by atoms with van der Waals surface area (Å²) < 4.78 is 4.73. The molecule has 0 spiro atoms. The molecule has 9 heavy (non-hydrogen) atoms. The van der Waals surface area contributed by atoms with Crippen molar-refractivity contribution in [1.82, 2.24) is 0 Å². The highest BCUT2D eigenvalue weighted by atomic mass is 16.5. The molecule has 3 N–H and O–H groups in total. The molecule has 0 bridgehead atoms. The summed E-state index contributed by atoms with van der Waals surface area (Å²) in [5.74, 6) is -0.205. The van der Waals surface area contributed by atoms with E-state index in [-0.39, 0.29) is 12.5 Å². The fourth-order valence-corrected chi connectivity index (χ4v) is 0.403. The van der Waals surface area contributed by atoms with Gasteiger partial charge < -0.3 is 10.5 Å². The topological polar surface area (TPSA) is 53.9 Å². The molecule has 0 aromatic carbocycles. The Labute approximate surface area is 55.2 Å². The van der Waals surface area contributed by atoms with Crippen molar-refractivity contribution < 1.29 is 15.3 Å². The molecule has 0 fully saturated rings. The van der Waals surface area contributed by atoms with Crippen LogP contribution in [0.25, 0.3) is 0 Å². The average Bonchev–Trinajstić information content (AvgIpc) is 1.89. The number of carbonyl (C=O) groups excluding carboxylic acids is 1. The quantitative estimate of drug-likeness (QED) is 0.417. The number of quaternary nitrogens is 1. The number of rotatable bonds is 4. The highest BCUT2D eigenvalue weighted by molar-refractivity contribution is 5.69. The van der Waals surface area contributed by atoms with Crippen LogP contribution < -0.4 is 5.73 Å². The van der Waals surface area contributed by atoms with Crippen LogP contribution in [-0.2, 0) is 9.53 Å². The van der Waals surface area contributed by atoms with Gasteiger partial charge in [0.1, 0.15) is 0 Å². The standard InChI is InChI=1S/C6H13NO2/c1-2-3-4-9-6(8)5-7/h2-5,7H2,1H3/p+1. The fraction of sp³-hybridized carbons (Fsp3) is 0.833. The second-order valence-electron chi connectivity index (χ2n) is 1.82. The van der Waals surface area contributed by atoms with Crippen molar-refractivity contribution in [2.45, 2.75) is 19.8 Å². The molecule has 0 aliphatic rings. The number of hydrogen-bond acceptors (Lipinski definition) is 2. The molecule has 0 heterocycles. The van der Waals surface area contributed by atoms with Crippen LogP contribution in [0, 0.1) is 0 Å². The first-order valence-electron chi connectivity index (χ1n) is 3.26. The molecule has 0 atom stereocenters. The predicted molar refractivity (Wildman–Crippen MR) is 33.6 cm³/mol. The van der Waals surface area contributed by atoms with Gasteiger partial charge in [-0.05, 0) is 6.42 Å². The maximum absolute atomic E-state index is 10.4. The van der Waals surface area contributed by atoms with Crippen LogP contribution in [0.4, 0.5) is 0 Å². The number of carbonyl (C=O) groups is 1. The van der Waals surface area contributed by atoms with Crippen LogP contribution >= 0.6 is 0 Å². The van der Waals surface area contributed by atoms with E-state index in [9.17, 15) is 4.79 Å². The molecule has 0 saturated carbocycles. The Kier molecular flexibility index (Phi) is 5.21. The Balaban J connectivity index is 2.97. The minimum absolute atomic E-state index is 0.205. The molecule has 0 radical (unpaired) electrons. The van der Waals surface area contributed by atoms with Gasteiger partial charge in [-0.15, -0.1) is 0 Å². The summed E-state index contributed by atoms with van der Waals surface area (Å²) >= 11 is 0. The summed E-state index contributed by atoms with van der Waals surface area (Å²) in [6, 6.07) is 0. The molecular weight excluding hydrogens is 118 g/mol. The Morgan fingerprint density at radius 1 is 1.67 bits per heavy atom. The van der Waals surface area contributed by atoms with Crippen LogP contribution in [0.3, 0.4) is 0 Å². The smallest absolute Gasteiger partial charge is 0.361 e. The van der Waals surface area contributed by atoms with Crippen LogP contribution in [0.5, 0.6) is 0 Å². The SMILES string of the molecule is CCCCOC(=O)C[NH3+]. The Bertz CT molecular complexity index is 83.1. The maximum Gasteiger partial charge on any atom is 0.361 e. The van der Waals surface area contributed by atoms with Crippen LogP contribution in [0.1, 0.15) is 19.8 Å². The lowest BCUT2D eigenvalue weighted by molar-refractivity contribution is -0.359. The summed E-state index contributed by atoms with van der Waals surface area (Å²) in [5, 5.41) is 0. The van der Waals surface area contributed by atoms with Gasteiger partial charge in [-0.2, -0.15) is 0 Å². The van der Waals surface area contributed by atoms with E-state index in [2.05, 4.69) is 12.7 Å². The lowest BCUT2D eigenvalue weighted by atomic mass is 10.4. The van der Waals surface area contributed by atoms with E-state index in [1.807, 2.05) is 0 Å². The van der Waals surface area contributed by atoms with Gasteiger partial charge in [-0.1, -0.05) is 13.3 Å². The Hall–Kier alpha value is -0.570. The van der Waals surface area contributed by atoms with E-state index in [1.165, 1.54) is 0 Å². The van der Waals surface area contributed by atoms with Crippen molar-refractivity contribution in [2.75, 3.05) is 13.2 Å². The van der Waals surface area contributed by atoms with E-state index in [1.54, 1.807) is 0 Å². The number of unbranched alkanes of at least 4 members (excludes halogenated alkanes) is 1. The van der Waals surface area contributed by atoms with Gasteiger partial charge in [0.15, 0.2) is 6.54 Å². The first-order valence-corrected chi connectivity index (χ1v) is 3.26. The molecule has 0 amide bonds. The second-order valence-corrected chi connectivity index (χ2v) is 1.82. The average molecular weight is 132 g/mol. The van der Waals surface area contributed by atoms with E-state index in [0.29, 0.717) is 6.61 Å². The van der Waals surface area contributed by atoms with Crippen molar-refractivity contribution in [1.29, 1.82) is 0 Å². The molecule has 0 saturated heterocycles. The fourth-order valence-electron chi connectivity index (χ4n) is 0.403. The van der Waals surface area contributed by atoms with Gasteiger partial charge in [-0.25, -0.2) is 4.79 Å². The maximum atomic E-state index is 10.4. The van der Waals surface area contributed by atoms with Gasteiger partial charge >= 0.3 is 5.97 Å². The first kappa shape index (κ1) is 8.43. The van der Waals surface area contributed by atoms with Crippen LogP contribution in [-0.4, -0.2) is 19.1 Å². The van der Waals surface area contributed by atoms with Crippen LogP contribution in [0.2, 0.25) is 0 Å². The van der Waals surface area contributed by atoms with Gasteiger partial charge in [0, 0.05) is 0 Å². The highest BCUT2D eigenvalue weighted by Crippen LogP contribution is 1.86. The molecule has 0 unspecified atom stereocenters. The second kappa shape index (κ2) is 5.56. The van der Waals surface area contributed by atoms with E-state index in [0.717, 1.165) is 12.8 Å². The van der Waals surface area contributed by atoms with Crippen molar-refractivity contribution in [3.8, 4) is 0 Å². The first-order chi connectivity index (χ1) is 4.31. The lowest BCUT2D eigenvalue weighted by Crippen LogP contribution is -2.54. The number of hydrogen-bond donors (Lipinski definition) is 1. The summed E-state index contributed by atoms with van der Waals surface area (Å²) in [4.78, 5) is 10.4. The van der Waals surface area contributed by atoms with Crippen molar-refractivity contribution in [3.05, 3.63) is 0 Å². The zero-order valence-corrected chi connectivity index (χ0v) is 5.85. The molecule has 54 valence electrons. The normalized spacial score (nSPS) is 9.11. The zero-order valence-electron chi connectivity index (χ0n) is 5.85. The summed E-state index contributed by atoms with van der Waals surface area (Å²) in [5.41, 5.74) is 3.39. The molecule has 3 nitrogen and oxygen atoms in total. The molecule has 0 rings (SSSR count). The minimum atomic E-state index is -0.205. The Morgan fingerprint density at radius 2 is 2.33 bits per heavy atom. The number of ether oxygens (including phenoxy) is 1. The minimum Gasteiger partial charge on any atom is -0.462 e. The Morgan fingerprint density at radius 3 is 2.78 bits per heavy atom. The van der Waals surface area contributed by atoms with E-state index < -0.39 is 0 Å². The van der Waals surface area contributed by atoms with Gasteiger partial charge in [-0.3, -0.25) is 0 Å². The molecule has 0 aliphatic heterocycles. The summed E-state index contributed by atoms with van der Waals surface area (Å²) in [6.45, 7) is 2.84. The number of esters is 1. The third-order valence-electron chi connectivity index (χ3n) is 0.965. The monoisotopic (exact) mass is 132 g/mol. The third kappa shape index (κ3) is 5.30. The van der Waals surface area contributed by atoms with Crippen molar-refractivity contribution in [3.63, 3.8) is 0 Å². The molecule has 3 heteroatoms. The van der Waals surface area contributed by atoms with Crippen LogP contribution in [0.15, 0.2) is 0 Å². The highest BCUT2D eigenvalue weighted by Gasteiger charge is 1.97.